The summed E-state index contributed by atoms with van der Waals surface area (Å²) in [7, 11) is 0. The fraction of sp³-hybridized carbons (Fsp3) is 0.167. The molecule has 4 aliphatic heterocycles. The zero-order valence-corrected chi connectivity index (χ0v) is 16.5. The van der Waals surface area contributed by atoms with E-state index in [4.69, 9.17) is 0 Å². The molecule has 0 N–H and O–H groups in total. The molecule has 104 valence electrons. The summed E-state index contributed by atoms with van der Waals surface area (Å²) in [5, 5.41) is 6.59. The molecule has 8 heteroatoms. The summed E-state index contributed by atoms with van der Waals surface area (Å²) in [5.74, 6) is 2.52. The van der Waals surface area contributed by atoms with Gasteiger partial charge in [0.05, 0.1) is 16.9 Å². The van der Waals surface area contributed by atoms with Gasteiger partial charge in [0.25, 0.3) is 0 Å². The SMILES string of the molecule is C1=CSC(=CC2=CSC(=C3SC4=C(SCCS4)S3)S2)S1. The van der Waals surface area contributed by atoms with Gasteiger partial charge in [-0.25, -0.2) is 0 Å². The van der Waals surface area contributed by atoms with Gasteiger partial charge >= 0.3 is 0 Å². The topological polar surface area (TPSA) is 0 Å². The first-order valence-corrected chi connectivity index (χ1v) is 12.8. The van der Waals surface area contributed by atoms with Crippen molar-refractivity contribution in [3.05, 3.63) is 48.4 Å². The summed E-state index contributed by atoms with van der Waals surface area (Å²) in [4.78, 5) is 1.38. The van der Waals surface area contributed by atoms with Crippen LogP contribution in [0.15, 0.2) is 48.4 Å². The molecule has 0 atom stereocenters. The predicted octanol–water partition coefficient (Wildman–Crippen LogP) is 7.31. The van der Waals surface area contributed by atoms with E-state index < -0.39 is 0 Å². The lowest BCUT2D eigenvalue weighted by atomic mass is 10.6. The van der Waals surface area contributed by atoms with Crippen LogP contribution in [0.3, 0.4) is 0 Å². The van der Waals surface area contributed by atoms with E-state index in [-0.39, 0.29) is 0 Å². The van der Waals surface area contributed by atoms with Crippen LogP contribution in [0.2, 0.25) is 0 Å². The monoisotopic (exact) mass is 408 g/mol. The van der Waals surface area contributed by atoms with E-state index in [9.17, 15) is 0 Å². The molecule has 0 amide bonds. The highest BCUT2D eigenvalue weighted by atomic mass is 32.3. The second-order valence-electron chi connectivity index (χ2n) is 3.76. The minimum atomic E-state index is 1.26. The number of allylic oxidation sites excluding steroid dienone is 1. The van der Waals surface area contributed by atoms with Crippen LogP contribution < -0.4 is 0 Å². The molecule has 0 saturated carbocycles. The molecule has 4 aliphatic rings. The van der Waals surface area contributed by atoms with Gasteiger partial charge in [-0.05, 0) is 22.3 Å². The molecule has 0 spiro atoms. The third-order valence-corrected chi connectivity index (χ3v) is 13.1. The van der Waals surface area contributed by atoms with E-state index >= 15 is 0 Å². The van der Waals surface area contributed by atoms with Gasteiger partial charge < -0.3 is 0 Å². The average Bonchev–Trinajstić information content (AvgIpc) is 3.18. The summed E-state index contributed by atoms with van der Waals surface area (Å²) in [6.45, 7) is 0. The molecule has 0 nitrogen and oxygen atoms in total. The summed E-state index contributed by atoms with van der Waals surface area (Å²) in [6.07, 6.45) is 2.31. The first kappa shape index (κ1) is 15.1. The fourth-order valence-electron chi connectivity index (χ4n) is 1.62. The van der Waals surface area contributed by atoms with Crippen LogP contribution in [-0.2, 0) is 0 Å². The highest BCUT2D eigenvalue weighted by molar-refractivity contribution is 8.43. The molecule has 0 aromatic carbocycles. The number of thioether (sulfide) groups is 8. The standard InChI is InChI=1S/C12H8S8/c1-2-14-8(13-1)5-7-6-17-11(18-7)12-19-9-10(20-12)16-4-3-15-9/h1-2,5-6H,3-4H2. The Bertz CT molecular complexity index is 565. The molecule has 20 heavy (non-hydrogen) atoms. The van der Waals surface area contributed by atoms with Crippen LogP contribution in [0.25, 0.3) is 0 Å². The molecule has 0 aromatic rings. The Labute approximate surface area is 152 Å². The van der Waals surface area contributed by atoms with E-state index in [1.165, 1.54) is 37.6 Å². The van der Waals surface area contributed by atoms with Crippen molar-refractivity contribution in [1.82, 2.24) is 0 Å². The van der Waals surface area contributed by atoms with Crippen molar-refractivity contribution in [2.45, 2.75) is 0 Å². The van der Waals surface area contributed by atoms with Crippen LogP contribution in [0.5, 0.6) is 0 Å². The van der Waals surface area contributed by atoms with E-state index in [0.717, 1.165) is 0 Å². The van der Waals surface area contributed by atoms with Crippen molar-refractivity contribution < 1.29 is 0 Å². The molecule has 0 aromatic heterocycles. The number of hydrogen-bond acceptors (Lipinski definition) is 8. The minimum absolute atomic E-state index is 1.26. The Kier molecular flexibility index (Phi) is 5.23. The van der Waals surface area contributed by atoms with Gasteiger partial charge in [0, 0.05) is 20.6 Å². The van der Waals surface area contributed by atoms with E-state index in [2.05, 4.69) is 22.3 Å². The van der Waals surface area contributed by atoms with Gasteiger partial charge in [-0.2, -0.15) is 0 Å². The maximum Gasteiger partial charge on any atom is 0.0717 e. The van der Waals surface area contributed by atoms with Crippen LogP contribution in [0.4, 0.5) is 0 Å². The third kappa shape index (κ3) is 3.37. The largest absolute Gasteiger partial charge is 0.116 e. The second-order valence-corrected chi connectivity index (χ2v) is 13.2. The van der Waals surface area contributed by atoms with Gasteiger partial charge in [0.1, 0.15) is 0 Å². The first-order chi connectivity index (χ1) is 9.88. The van der Waals surface area contributed by atoms with E-state index in [1.807, 2.05) is 94.1 Å². The van der Waals surface area contributed by atoms with Crippen molar-refractivity contribution in [2.75, 3.05) is 11.5 Å². The van der Waals surface area contributed by atoms with Crippen LogP contribution in [0, 0.1) is 0 Å². The lowest BCUT2D eigenvalue weighted by molar-refractivity contribution is 1.56. The summed E-state index contributed by atoms with van der Waals surface area (Å²) in [6, 6.07) is 0. The van der Waals surface area contributed by atoms with Crippen LogP contribution >= 0.6 is 94.1 Å². The number of hydrogen-bond donors (Lipinski definition) is 0. The highest BCUT2D eigenvalue weighted by Crippen LogP contribution is 2.64. The zero-order chi connectivity index (χ0) is 13.4. The maximum atomic E-state index is 2.31. The Balaban J connectivity index is 1.45. The minimum Gasteiger partial charge on any atom is -0.116 e. The van der Waals surface area contributed by atoms with Crippen LogP contribution in [-0.4, -0.2) is 11.5 Å². The van der Waals surface area contributed by atoms with Crippen molar-refractivity contribution in [3.8, 4) is 0 Å². The number of rotatable bonds is 1. The Morgan fingerprint density at radius 3 is 2.15 bits per heavy atom. The zero-order valence-electron chi connectivity index (χ0n) is 9.99. The molecule has 4 heterocycles. The molecule has 0 radical (unpaired) electrons. The fourth-order valence-corrected chi connectivity index (χ4v) is 11.9. The smallest absolute Gasteiger partial charge is 0.0717 e. The quantitative estimate of drug-likeness (QED) is 0.437. The van der Waals surface area contributed by atoms with Gasteiger partial charge in [0.15, 0.2) is 0 Å². The van der Waals surface area contributed by atoms with Gasteiger partial charge in [-0.1, -0.05) is 70.6 Å². The highest BCUT2D eigenvalue weighted by Gasteiger charge is 2.29. The third-order valence-electron chi connectivity index (χ3n) is 2.43. The van der Waals surface area contributed by atoms with Crippen LogP contribution in [0.1, 0.15) is 0 Å². The molecule has 0 unspecified atom stereocenters. The van der Waals surface area contributed by atoms with E-state index in [1.54, 1.807) is 0 Å². The Morgan fingerprint density at radius 2 is 1.45 bits per heavy atom. The second kappa shape index (κ2) is 6.95. The summed E-state index contributed by atoms with van der Waals surface area (Å²) < 4.78 is 7.40. The average molecular weight is 409 g/mol. The summed E-state index contributed by atoms with van der Waals surface area (Å²) >= 11 is 15.5. The van der Waals surface area contributed by atoms with Gasteiger partial charge in [0.2, 0.25) is 0 Å². The summed E-state index contributed by atoms with van der Waals surface area (Å²) in [5.41, 5.74) is 0. The molecular formula is C12H8S8. The van der Waals surface area contributed by atoms with Crippen molar-refractivity contribution >= 4 is 94.1 Å². The lowest BCUT2D eigenvalue weighted by Crippen LogP contribution is -1.88. The molecule has 4 rings (SSSR count). The first-order valence-electron chi connectivity index (χ1n) is 5.73. The molecular weight excluding hydrogens is 401 g/mol. The van der Waals surface area contributed by atoms with Crippen molar-refractivity contribution in [2.24, 2.45) is 0 Å². The molecule has 0 fully saturated rings. The van der Waals surface area contributed by atoms with Crippen molar-refractivity contribution in [3.63, 3.8) is 0 Å². The van der Waals surface area contributed by atoms with E-state index in [0.29, 0.717) is 0 Å². The molecule has 0 saturated heterocycles. The van der Waals surface area contributed by atoms with Gasteiger partial charge in [-0.15, -0.1) is 23.5 Å². The van der Waals surface area contributed by atoms with Gasteiger partial charge in [-0.3, -0.25) is 0 Å². The Hall–Kier alpha value is 1.50. The Morgan fingerprint density at radius 1 is 0.750 bits per heavy atom. The lowest BCUT2D eigenvalue weighted by Gasteiger charge is -2.08. The molecule has 0 aliphatic carbocycles. The normalized spacial score (nSPS) is 25.6. The predicted molar refractivity (Wildman–Crippen MR) is 110 cm³/mol. The maximum absolute atomic E-state index is 2.31. The van der Waals surface area contributed by atoms with Crippen molar-refractivity contribution in [1.29, 1.82) is 0 Å². The molecule has 0 bridgehead atoms.